The third-order valence-electron chi connectivity index (χ3n) is 7.28. The van der Waals surface area contributed by atoms with Crippen LogP contribution in [-0.4, -0.2) is 50.0 Å². The summed E-state index contributed by atoms with van der Waals surface area (Å²) >= 11 is 12.4. The maximum Gasteiger partial charge on any atom is 0.244 e. The van der Waals surface area contributed by atoms with Crippen LogP contribution in [0.3, 0.4) is 0 Å². The number of sulfonamides is 1. The molecule has 10 heteroatoms. The van der Waals surface area contributed by atoms with Gasteiger partial charge in [0, 0.05) is 24.0 Å². The van der Waals surface area contributed by atoms with Gasteiger partial charge in [-0.25, -0.2) is 8.42 Å². The van der Waals surface area contributed by atoms with Gasteiger partial charge in [0.25, 0.3) is 0 Å². The molecule has 1 saturated carbocycles. The number of carbonyl (C=O) groups excluding carboxylic acids is 2. The lowest BCUT2D eigenvalue weighted by atomic mass is 9.94. The molecule has 218 valence electrons. The minimum Gasteiger partial charge on any atom is -0.352 e. The van der Waals surface area contributed by atoms with Crippen molar-refractivity contribution >= 4 is 50.7 Å². The molecule has 0 saturated heterocycles. The minimum atomic E-state index is -3.92. The molecule has 1 aliphatic rings. The molecule has 1 aliphatic carbocycles. The first-order valence-corrected chi connectivity index (χ1v) is 16.3. The predicted molar refractivity (Wildman–Crippen MR) is 165 cm³/mol. The topological polar surface area (TPSA) is 86.8 Å². The summed E-state index contributed by atoms with van der Waals surface area (Å²) in [6.07, 6.45) is 6.33. The number of rotatable bonds is 11. The van der Waals surface area contributed by atoms with Crippen molar-refractivity contribution in [3.63, 3.8) is 0 Å². The van der Waals surface area contributed by atoms with Crippen LogP contribution in [-0.2, 0) is 32.6 Å². The lowest BCUT2D eigenvalue weighted by Gasteiger charge is -2.35. The van der Waals surface area contributed by atoms with Gasteiger partial charge in [-0.05, 0) is 42.2 Å². The van der Waals surface area contributed by atoms with Crippen molar-refractivity contribution in [3.05, 3.63) is 100 Å². The van der Waals surface area contributed by atoms with E-state index in [0.29, 0.717) is 5.02 Å². The van der Waals surface area contributed by atoms with Gasteiger partial charge in [0.05, 0.1) is 17.0 Å². The van der Waals surface area contributed by atoms with Crippen molar-refractivity contribution in [2.24, 2.45) is 0 Å². The lowest BCUT2D eigenvalue weighted by molar-refractivity contribution is -0.140. The smallest absolute Gasteiger partial charge is 0.244 e. The number of nitrogens with zero attached hydrogens (tertiary/aromatic N) is 2. The summed E-state index contributed by atoms with van der Waals surface area (Å²) in [6, 6.07) is 22.5. The number of halogens is 2. The van der Waals surface area contributed by atoms with E-state index in [4.69, 9.17) is 23.2 Å². The van der Waals surface area contributed by atoms with E-state index in [0.717, 1.165) is 53.8 Å². The Labute approximate surface area is 252 Å². The first-order chi connectivity index (χ1) is 19.6. The Bertz CT molecular complexity index is 1430. The summed E-state index contributed by atoms with van der Waals surface area (Å²) < 4.78 is 26.8. The Hall–Kier alpha value is -3.07. The van der Waals surface area contributed by atoms with E-state index in [1.165, 1.54) is 23.1 Å². The van der Waals surface area contributed by atoms with Crippen LogP contribution < -0.4 is 9.62 Å². The van der Waals surface area contributed by atoms with Crippen LogP contribution in [0.15, 0.2) is 78.9 Å². The van der Waals surface area contributed by atoms with Gasteiger partial charge in [-0.3, -0.25) is 13.9 Å². The summed E-state index contributed by atoms with van der Waals surface area (Å²) in [7, 11) is -3.92. The molecule has 3 aromatic rings. The molecule has 0 unspecified atom stereocenters. The van der Waals surface area contributed by atoms with E-state index in [-0.39, 0.29) is 35.6 Å². The van der Waals surface area contributed by atoms with Gasteiger partial charge in [0.2, 0.25) is 21.8 Å². The van der Waals surface area contributed by atoms with Crippen LogP contribution in [0.1, 0.15) is 43.2 Å². The number of hydrogen-bond donors (Lipinski definition) is 1. The quantitative estimate of drug-likeness (QED) is 0.293. The van der Waals surface area contributed by atoms with E-state index in [9.17, 15) is 18.0 Å². The minimum absolute atomic E-state index is 0.0450. The Morgan fingerprint density at radius 3 is 2.10 bits per heavy atom. The van der Waals surface area contributed by atoms with Crippen molar-refractivity contribution in [1.82, 2.24) is 10.2 Å². The van der Waals surface area contributed by atoms with Crippen molar-refractivity contribution in [2.45, 2.75) is 57.2 Å². The fourth-order valence-electron chi connectivity index (χ4n) is 5.16. The molecular formula is C31H35Cl2N3O4S. The molecule has 0 aromatic heterocycles. The third-order valence-corrected chi connectivity index (χ3v) is 8.94. The average molecular weight is 617 g/mol. The number of benzene rings is 3. The maximum absolute atomic E-state index is 14.2. The van der Waals surface area contributed by atoms with Crippen molar-refractivity contribution in [2.75, 3.05) is 17.1 Å². The van der Waals surface area contributed by atoms with E-state index in [1.54, 1.807) is 0 Å². The van der Waals surface area contributed by atoms with Gasteiger partial charge < -0.3 is 10.2 Å². The highest BCUT2D eigenvalue weighted by molar-refractivity contribution is 7.92. The second-order valence-electron chi connectivity index (χ2n) is 10.4. The highest BCUT2D eigenvalue weighted by Gasteiger charge is 2.34. The molecule has 4 rings (SSSR count). The van der Waals surface area contributed by atoms with E-state index >= 15 is 0 Å². The number of nitrogens with one attached hydrogen (secondary N) is 1. The van der Waals surface area contributed by atoms with Crippen LogP contribution in [0.25, 0.3) is 0 Å². The predicted octanol–water partition coefficient (Wildman–Crippen LogP) is 5.85. The summed E-state index contributed by atoms with van der Waals surface area (Å²) in [4.78, 5) is 29.6. The highest BCUT2D eigenvalue weighted by atomic mass is 35.5. The molecule has 0 heterocycles. The highest BCUT2D eigenvalue weighted by Crippen LogP contribution is 2.31. The average Bonchev–Trinajstić information content (AvgIpc) is 2.95. The Morgan fingerprint density at radius 2 is 1.51 bits per heavy atom. The van der Waals surface area contributed by atoms with Gasteiger partial charge in [-0.15, -0.1) is 0 Å². The maximum atomic E-state index is 14.2. The van der Waals surface area contributed by atoms with Crippen molar-refractivity contribution < 1.29 is 18.0 Å². The second kappa shape index (κ2) is 14.2. The molecule has 41 heavy (non-hydrogen) atoms. The fourth-order valence-corrected chi connectivity index (χ4v) is 6.58. The lowest BCUT2D eigenvalue weighted by Crippen LogP contribution is -2.55. The molecule has 1 N–H and O–H groups in total. The normalized spacial score (nSPS) is 14.7. The zero-order valence-electron chi connectivity index (χ0n) is 23.0. The van der Waals surface area contributed by atoms with Crippen molar-refractivity contribution in [1.29, 1.82) is 0 Å². The van der Waals surface area contributed by atoms with Crippen LogP contribution in [0.5, 0.6) is 0 Å². The Kier molecular flexibility index (Phi) is 10.7. The van der Waals surface area contributed by atoms with Gasteiger partial charge in [0.15, 0.2) is 0 Å². The van der Waals surface area contributed by atoms with Crippen LogP contribution in [0, 0.1) is 0 Å². The van der Waals surface area contributed by atoms with Gasteiger partial charge in [-0.1, -0.05) is 103 Å². The molecule has 0 radical (unpaired) electrons. The number of carbonyl (C=O) groups is 2. The monoisotopic (exact) mass is 615 g/mol. The van der Waals surface area contributed by atoms with Gasteiger partial charge in [0.1, 0.15) is 12.6 Å². The first kappa shape index (κ1) is 30.9. The van der Waals surface area contributed by atoms with E-state index in [1.807, 2.05) is 60.7 Å². The molecule has 1 fully saturated rings. The zero-order chi connectivity index (χ0) is 29.4. The number of hydrogen-bond acceptors (Lipinski definition) is 4. The molecule has 0 bridgehead atoms. The molecule has 2 amide bonds. The molecule has 1 atom stereocenters. The fraction of sp³-hybridized carbons (Fsp3) is 0.355. The first-order valence-electron chi connectivity index (χ1n) is 13.7. The van der Waals surface area contributed by atoms with Gasteiger partial charge >= 0.3 is 0 Å². The standard InChI is InChI=1S/C31H35Cl2N3O4S/c1-41(39,40)36(28-18-17-25(32)20-27(28)33)22-30(37)35(21-24-13-7-3-8-14-24)29(19-23-11-5-2-6-12-23)31(38)34-26-15-9-4-10-16-26/h2-3,5-8,11-14,17-18,20,26,29H,4,9-10,15-16,19,21-22H2,1H3,(H,34,38)/t29-/m0/s1. The van der Waals surface area contributed by atoms with E-state index in [2.05, 4.69) is 5.32 Å². The number of anilines is 1. The summed E-state index contributed by atoms with van der Waals surface area (Å²) in [5, 5.41) is 3.63. The molecule has 0 spiro atoms. The summed E-state index contributed by atoms with van der Waals surface area (Å²) in [5.41, 5.74) is 1.85. The molecule has 3 aromatic carbocycles. The van der Waals surface area contributed by atoms with Crippen LogP contribution in [0.2, 0.25) is 10.0 Å². The molecule has 0 aliphatic heterocycles. The zero-order valence-corrected chi connectivity index (χ0v) is 25.3. The Balaban J connectivity index is 1.72. The second-order valence-corrected chi connectivity index (χ2v) is 13.2. The van der Waals surface area contributed by atoms with Crippen LogP contribution in [0.4, 0.5) is 5.69 Å². The summed E-state index contributed by atoms with van der Waals surface area (Å²) in [5.74, 6) is -0.773. The van der Waals surface area contributed by atoms with Crippen LogP contribution >= 0.6 is 23.2 Å². The molecule has 7 nitrogen and oxygen atoms in total. The number of amides is 2. The molecular weight excluding hydrogens is 581 g/mol. The summed E-state index contributed by atoms with van der Waals surface area (Å²) in [6.45, 7) is -0.407. The largest absolute Gasteiger partial charge is 0.352 e. The SMILES string of the molecule is CS(=O)(=O)N(CC(=O)N(Cc1ccccc1)[C@@H](Cc1ccccc1)C(=O)NC1CCCCC1)c1ccc(Cl)cc1Cl. The Morgan fingerprint density at radius 1 is 0.902 bits per heavy atom. The van der Waals surface area contributed by atoms with E-state index < -0.39 is 28.5 Å². The van der Waals surface area contributed by atoms with Crippen molar-refractivity contribution in [3.8, 4) is 0 Å². The third kappa shape index (κ3) is 8.71. The van der Waals surface area contributed by atoms with Gasteiger partial charge in [-0.2, -0.15) is 0 Å².